The van der Waals surface area contributed by atoms with E-state index >= 15 is 0 Å². The summed E-state index contributed by atoms with van der Waals surface area (Å²) >= 11 is 0. The standard InChI is InChI=1S/C15H13N3O2/c1-19-15(9-20-15)11-2-3-13-12(8-11)14(18-17-13)10-4-6-16-7-5-10/h2-8H,9H2,1H3,(H,17,18). The van der Waals surface area contributed by atoms with Gasteiger partial charge in [-0.2, -0.15) is 5.10 Å². The summed E-state index contributed by atoms with van der Waals surface area (Å²) < 4.78 is 10.9. The van der Waals surface area contributed by atoms with E-state index in [2.05, 4.69) is 21.2 Å². The molecule has 100 valence electrons. The Morgan fingerprint density at radius 2 is 2.05 bits per heavy atom. The number of rotatable bonds is 3. The average molecular weight is 267 g/mol. The Kier molecular flexibility index (Phi) is 2.39. The SMILES string of the molecule is COC1(c2ccc3[nH]nc(-c4ccncc4)c3c2)CO1. The quantitative estimate of drug-likeness (QED) is 0.740. The molecule has 0 aliphatic carbocycles. The fraction of sp³-hybridized carbons (Fsp3) is 0.200. The van der Waals surface area contributed by atoms with E-state index in [1.54, 1.807) is 19.5 Å². The van der Waals surface area contributed by atoms with Gasteiger partial charge in [-0.1, -0.05) is 6.07 Å². The second kappa shape index (κ2) is 4.13. The van der Waals surface area contributed by atoms with Crippen LogP contribution in [0, 0.1) is 0 Å². The summed E-state index contributed by atoms with van der Waals surface area (Å²) in [6.45, 7) is 0.595. The van der Waals surface area contributed by atoms with Crippen LogP contribution in [0.5, 0.6) is 0 Å². The average Bonchev–Trinajstić information content (AvgIpc) is 3.21. The highest BCUT2D eigenvalue weighted by Crippen LogP contribution is 2.41. The normalized spacial score (nSPS) is 21.2. The lowest BCUT2D eigenvalue weighted by Crippen LogP contribution is -2.10. The van der Waals surface area contributed by atoms with Crippen LogP contribution in [-0.2, 0) is 15.3 Å². The largest absolute Gasteiger partial charge is 0.347 e. The van der Waals surface area contributed by atoms with Gasteiger partial charge in [0.1, 0.15) is 12.3 Å². The number of fused-ring (bicyclic) bond motifs is 1. The first kappa shape index (κ1) is 11.6. The number of epoxide rings is 1. The van der Waals surface area contributed by atoms with Crippen LogP contribution in [0.1, 0.15) is 5.56 Å². The maximum absolute atomic E-state index is 5.44. The molecule has 3 heterocycles. The summed E-state index contributed by atoms with van der Waals surface area (Å²) in [7, 11) is 1.66. The Hall–Kier alpha value is -2.24. The minimum atomic E-state index is -0.568. The molecule has 3 aromatic rings. The first-order valence-electron chi connectivity index (χ1n) is 6.40. The summed E-state index contributed by atoms with van der Waals surface area (Å²) in [5.41, 5.74) is 3.96. The molecule has 0 amide bonds. The number of nitrogens with one attached hydrogen (secondary N) is 1. The van der Waals surface area contributed by atoms with E-state index in [0.29, 0.717) is 6.61 Å². The van der Waals surface area contributed by atoms with E-state index in [-0.39, 0.29) is 0 Å². The molecule has 0 bridgehead atoms. The molecule has 0 saturated carbocycles. The Labute approximate surface area is 115 Å². The third-order valence-corrected chi connectivity index (χ3v) is 3.69. The molecule has 1 N–H and O–H groups in total. The van der Waals surface area contributed by atoms with Crippen LogP contribution < -0.4 is 0 Å². The first-order valence-corrected chi connectivity index (χ1v) is 6.40. The second-order valence-electron chi connectivity index (χ2n) is 4.81. The molecule has 1 saturated heterocycles. The van der Waals surface area contributed by atoms with Crippen molar-refractivity contribution in [3.8, 4) is 11.3 Å². The van der Waals surface area contributed by atoms with Crippen LogP contribution in [-0.4, -0.2) is 28.9 Å². The molecule has 0 spiro atoms. The molecule has 5 nitrogen and oxygen atoms in total. The van der Waals surface area contributed by atoms with Gasteiger partial charge in [-0.3, -0.25) is 10.1 Å². The fourth-order valence-electron chi connectivity index (χ4n) is 2.45. The zero-order valence-corrected chi connectivity index (χ0v) is 11.0. The Balaban J connectivity index is 1.89. The van der Waals surface area contributed by atoms with Crippen molar-refractivity contribution in [3.63, 3.8) is 0 Å². The highest BCUT2D eigenvalue weighted by atomic mass is 16.8. The van der Waals surface area contributed by atoms with Crippen molar-refractivity contribution in [2.45, 2.75) is 5.79 Å². The lowest BCUT2D eigenvalue weighted by atomic mass is 10.0. The maximum Gasteiger partial charge on any atom is 0.219 e. The predicted molar refractivity (Wildman–Crippen MR) is 74.0 cm³/mol. The number of aromatic nitrogens is 3. The highest BCUT2D eigenvalue weighted by molar-refractivity contribution is 5.93. The molecule has 2 aromatic heterocycles. The van der Waals surface area contributed by atoms with Crippen molar-refractivity contribution in [2.24, 2.45) is 0 Å². The van der Waals surface area contributed by atoms with Crippen molar-refractivity contribution >= 4 is 10.9 Å². The summed E-state index contributed by atoms with van der Waals surface area (Å²) in [5.74, 6) is -0.568. The van der Waals surface area contributed by atoms with Gasteiger partial charge in [-0.05, 0) is 24.3 Å². The van der Waals surface area contributed by atoms with E-state index < -0.39 is 5.79 Å². The van der Waals surface area contributed by atoms with Gasteiger partial charge >= 0.3 is 0 Å². The van der Waals surface area contributed by atoms with E-state index in [1.165, 1.54) is 0 Å². The minimum absolute atomic E-state index is 0.568. The number of hydrogen-bond acceptors (Lipinski definition) is 4. The number of benzene rings is 1. The summed E-state index contributed by atoms with van der Waals surface area (Å²) in [4.78, 5) is 4.04. The molecule has 1 fully saturated rings. The predicted octanol–water partition coefficient (Wildman–Crippen LogP) is 2.45. The van der Waals surface area contributed by atoms with Crippen molar-refractivity contribution in [2.75, 3.05) is 13.7 Å². The third kappa shape index (κ3) is 1.64. The number of methoxy groups -OCH3 is 1. The van der Waals surface area contributed by atoms with Crippen LogP contribution >= 0.6 is 0 Å². The fourth-order valence-corrected chi connectivity index (χ4v) is 2.45. The summed E-state index contributed by atoms with van der Waals surface area (Å²) in [5, 5.41) is 8.51. The van der Waals surface area contributed by atoms with Crippen molar-refractivity contribution in [3.05, 3.63) is 48.3 Å². The van der Waals surface area contributed by atoms with E-state index in [9.17, 15) is 0 Å². The molecule has 5 heteroatoms. The van der Waals surface area contributed by atoms with Gasteiger partial charge in [-0.15, -0.1) is 0 Å². The first-order chi connectivity index (χ1) is 9.82. The van der Waals surface area contributed by atoms with E-state index in [4.69, 9.17) is 9.47 Å². The highest BCUT2D eigenvalue weighted by Gasteiger charge is 2.47. The number of ether oxygens (including phenoxy) is 2. The van der Waals surface area contributed by atoms with Crippen LogP contribution in [0.25, 0.3) is 22.2 Å². The monoisotopic (exact) mass is 267 g/mol. The summed E-state index contributed by atoms with van der Waals surface area (Å²) in [6.07, 6.45) is 3.53. The molecule has 4 rings (SSSR count). The molecular weight excluding hydrogens is 254 g/mol. The van der Waals surface area contributed by atoms with Crippen LogP contribution in [0.4, 0.5) is 0 Å². The molecule has 1 atom stereocenters. The van der Waals surface area contributed by atoms with Crippen molar-refractivity contribution in [1.82, 2.24) is 15.2 Å². The number of pyridine rings is 1. The maximum atomic E-state index is 5.44. The van der Waals surface area contributed by atoms with Gasteiger partial charge in [-0.25, -0.2) is 0 Å². The van der Waals surface area contributed by atoms with Gasteiger partial charge in [0.2, 0.25) is 5.79 Å². The zero-order valence-electron chi connectivity index (χ0n) is 11.0. The molecule has 1 aromatic carbocycles. The molecular formula is C15H13N3O2. The lowest BCUT2D eigenvalue weighted by molar-refractivity contribution is -0.0137. The Morgan fingerprint density at radius 3 is 2.75 bits per heavy atom. The van der Waals surface area contributed by atoms with Crippen molar-refractivity contribution < 1.29 is 9.47 Å². The number of nitrogens with zero attached hydrogens (tertiary/aromatic N) is 2. The van der Waals surface area contributed by atoms with Gasteiger partial charge < -0.3 is 9.47 Å². The lowest BCUT2D eigenvalue weighted by Gasteiger charge is -2.10. The van der Waals surface area contributed by atoms with E-state index in [1.807, 2.05) is 24.3 Å². The zero-order chi connectivity index (χ0) is 13.6. The van der Waals surface area contributed by atoms with Gasteiger partial charge in [0.05, 0.1) is 5.52 Å². The van der Waals surface area contributed by atoms with Gasteiger partial charge in [0.25, 0.3) is 0 Å². The topological polar surface area (TPSA) is 63.3 Å². The van der Waals surface area contributed by atoms with Crippen LogP contribution in [0.3, 0.4) is 0 Å². The number of H-pyrrole nitrogens is 1. The van der Waals surface area contributed by atoms with E-state index in [0.717, 1.165) is 27.7 Å². The number of hydrogen-bond donors (Lipinski definition) is 1. The third-order valence-electron chi connectivity index (χ3n) is 3.69. The molecule has 1 aliphatic rings. The van der Waals surface area contributed by atoms with Crippen molar-refractivity contribution in [1.29, 1.82) is 0 Å². The van der Waals surface area contributed by atoms with Gasteiger partial charge in [0, 0.05) is 36.0 Å². The molecule has 20 heavy (non-hydrogen) atoms. The van der Waals surface area contributed by atoms with Crippen LogP contribution in [0.2, 0.25) is 0 Å². The number of aromatic amines is 1. The molecule has 0 radical (unpaired) electrons. The summed E-state index contributed by atoms with van der Waals surface area (Å²) in [6, 6.07) is 9.98. The second-order valence-corrected chi connectivity index (χ2v) is 4.81. The van der Waals surface area contributed by atoms with Crippen LogP contribution in [0.15, 0.2) is 42.7 Å². The minimum Gasteiger partial charge on any atom is -0.347 e. The molecule has 1 aliphatic heterocycles. The Bertz CT molecular complexity index is 763. The smallest absolute Gasteiger partial charge is 0.219 e. The Morgan fingerprint density at radius 1 is 1.25 bits per heavy atom. The van der Waals surface area contributed by atoms with Gasteiger partial charge in [0.15, 0.2) is 0 Å². The molecule has 1 unspecified atom stereocenters.